The summed E-state index contributed by atoms with van der Waals surface area (Å²) in [6.45, 7) is 3.39. The molecule has 0 aliphatic heterocycles. The molecule has 71 heavy (non-hydrogen) atoms. The van der Waals surface area contributed by atoms with Crippen LogP contribution >= 0.6 is 0 Å². The molecule has 0 unspecified atom stereocenters. The van der Waals surface area contributed by atoms with Crippen molar-refractivity contribution in [3.8, 4) is 0 Å². The second-order valence-corrected chi connectivity index (χ2v) is 17.3. The lowest BCUT2D eigenvalue weighted by Crippen LogP contribution is -2.42. The van der Waals surface area contributed by atoms with Gasteiger partial charge in [0.2, 0.25) is 35.4 Å². The Labute approximate surface area is 419 Å². The SMILES string of the molecule is CCCCNC(=O)CC[C@@H](C=O)NC(=O)COCCOCCNC(=O)COCCOCCNC(=O)CC[C@@H](C=O)NC(=O)CC[C@H](NC(=O)CCCCCCCCCCCCCCCCC(=O)O)C(=O)O. The van der Waals surface area contributed by atoms with Crippen LogP contribution in [-0.2, 0) is 66.9 Å². The molecule has 0 saturated heterocycles. The first kappa shape index (κ1) is 65.9. The van der Waals surface area contributed by atoms with Gasteiger partial charge in [-0.15, -0.1) is 0 Å². The van der Waals surface area contributed by atoms with E-state index in [9.17, 15) is 53.1 Å². The van der Waals surface area contributed by atoms with E-state index in [-0.39, 0.29) is 135 Å². The Morgan fingerprint density at radius 3 is 1.27 bits per heavy atom. The fraction of sp³-hybridized carbons (Fsp3) is 0.796. The minimum Gasteiger partial charge on any atom is -0.481 e. The van der Waals surface area contributed by atoms with Crippen LogP contribution in [0.1, 0.15) is 161 Å². The van der Waals surface area contributed by atoms with Crippen LogP contribution in [0.25, 0.3) is 0 Å². The molecule has 0 fully saturated rings. The third-order valence-corrected chi connectivity index (χ3v) is 10.9. The number of ether oxygens (including phenoxy) is 4. The highest BCUT2D eigenvalue weighted by Crippen LogP contribution is 2.14. The molecule has 0 spiro atoms. The molecule has 0 aromatic heterocycles. The highest BCUT2D eigenvalue weighted by molar-refractivity contribution is 5.85. The lowest BCUT2D eigenvalue weighted by molar-refractivity contribution is -0.142. The van der Waals surface area contributed by atoms with Gasteiger partial charge in [0.05, 0.1) is 51.7 Å². The van der Waals surface area contributed by atoms with Gasteiger partial charge in [0.15, 0.2) is 0 Å². The maximum absolute atomic E-state index is 12.5. The van der Waals surface area contributed by atoms with Crippen LogP contribution in [-0.4, -0.2) is 161 Å². The molecule has 0 aromatic carbocycles. The Morgan fingerprint density at radius 2 is 0.803 bits per heavy atom. The molecule has 0 heterocycles. The van der Waals surface area contributed by atoms with Crippen LogP contribution in [0.2, 0.25) is 0 Å². The van der Waals surface area contributed by atoms with E-state index in [1.54, 1.807) is 0 Å². The average Bonchev–Trinajstić information content (AvgIpc) is 3.34. The minimum absolute atomic E-state index is 0.0201. The summed E-state index contributed by atoms with van der Waals surface area (Å²) in [6, 6.07) is -3.01. The number of hydrogen-bond acceptors (Lipinski definition) is 14. The van der Waals surface area contributed by atoms with E-state index in [1.165, 1.54) is 32.1 Å². The summed E-state index contributed by atoms with van der Waals surface area (Å²) < 4.78 is 21.2. The number of unbranched alkanes of at least 4 members (excludes halogenated alkanes) is 14. The zero-order valence-corrected chi connectivity index (χ0v) is 42.2. The molecule has 0 radical (unpaired) electrons. The first-order valence-electron chi connectivity index (χ1n) is 25.6. The fourth-order valence-corrected chi connectivity index (χ4v) is 6.86. The standard InChI is InChI=1S/C49H86N6O16/c1-2-3-26-50-42(58)23-21-40(36-57)54-47(63)38-71-34-32-69-30-28-52-46(62)37-70-33-31-68-29-27-51-43(59)24-20-39(35-56)53-45(61)25-22-41(49(66)67)55-44(60)18-16-14-12-10-8-6-4-5-7-9-11-13-15-17-19-48(64)65/h35-36,39-41H,2-34,37-38H2,1H3,(H,50,58)(H,51,59)(H,52,62)(H,53,61)(H,54,63)(H,55,60)(H,64,65)(H,66,67)/t39-,40-,41-/m0/s1. The van der Waals surface area contributed by atoms with Gasteiger partial charge in [-0.25, -0.2) is 4.79 Å². The van der Waals surface area contributed by atoms with Crippen LogP contribution in [0.3, 0.4) is 0 Å². The van der Waals surface area contributed by atoms with Gasteiger partial charge in [0, 0.05) is 51.7 Å². The Balaban J connectivity index is 3.89. The van der Waals surface area contributed by atoms with Crippen molar-refractivity contribution < 1.29 is 77.1 Å². The maximum Gasteiger partial charge on any atom is 0.326 e. The molecule has 0 aliphatic carbocycles. The molecule has 22 nitrogen and oxygen atoms in total. The van der Waals surface area contributed by atoms with Crippen LogP contribution < -0.4 is 31.9 Å². The monoisotopic (exact) mass is 1010 g/mol. The van der Waals surface area contributed by atoms with Crippen molar-refractivity contribution in [3.63, 3.8) is 0 Å². The first-order chi connectivity index (χ1) is 34.3. The van der Waals surface area contributed by atoms with Crippen molar-refractivity contribution >= 4 is 60.0 Å². The predicted octanol–water partition coefficient (Wildman–Crippen LogP) is 2.81. The largest absolute Gasteiger partial charge is 0.481 e. The van der Waals surface area contributed by atoms with E-state index in [0.717, 1.165) is 64.2 Å². The molecule has 22 heteroatoms. The molecule has 0 aliphatic rings. The number of carboxylic acid groups (broad SMARTS) is 2. The van der Waals surface area contributed by atoms with Gasteiger partial charge in [-0.2, -0.15) is 0 Å². The number of carbonyl (C=O) groups excluding carboxylic acids is 8. The number of rotatable bonds is 51. The maximum atomic E-state index is 12.5. The van der Waals surface area contributed by atoms with Crippen molar-refractivity contribution in [2.75, 3.05) is 72.5 Å². The van der Waals surface area contributed by atoms with E-state index in [1.807, 2.05) is 6.92 Å². The lowest BCUT2D eigenvalue weighted by Gasteiger charge is -2.16. The van der Waals surface area contributed by atoms with E-state index in [0.29, 0.717) is 25.5 Å². The number of hydrogen-bond donors (Lipinski definition) is 8. The van der Waals surface area contributed by atoms with Crippen LogP contribution in [0.15, 0.2) is 0 Å². The predicted molar refractivity (Wildman–Crippen MR) is 262 cm³/mol. The molecule has 0 rings (SSSR count). The van der Waals surface area contributed by atoms with Gasteiger partial charge >= 0.3 is 11.9 Å². The van der Waals surface area contributed by atoms with E-state index in [2.05, 4.69) is 31.9 Å². The quantitative estimate of drug-likeness (QED) is 0.0321. The van der Waals surface area contributed by atoms with Gasteiger partial charge < -0.3 is 70.7 Å². The van der Waals surface area contributed by atoms with E-state index >= 15 is 0 Å². The number of nitrogens with one attached hydrogen (secondary N) is 6. The molecule has 8 N–H and O–H groups in total. The van der Waals surface area contributed by atoms with Crippen LogP contribution in [0.4, 0.5) is 0 Å². The minimum atomic E-state index is -1.27. The lowest BCUT2D eigenvalue weighted by atomic mass is 10.0. The Bertz CT molecular complexity index is 1510. The Morgan fingerprint density at radius 1 is 0.408 bits per heavy atom. The third-order valence-electron chi connectivity index (χ3n) is 10.9. The smallest absolute Gasteiger partial charge is 0.326 e. The second-order valence-electron chi connectivity index (χ2n) is 17.3. The van der Waals surface area contributed by atoms with Gasteiger partial charge in [0.25, 0.3) is 0 Å². The first-order valence-corrected chi connectivity index (χ1v) is 25.6. The van der Waals surface area contributed by atoms with Crippen LogP contribution in [0.5, 0.6) is 0 Å². The van der Waals surface area contributed by atoms with Gasteiger partial charge in [-0.3, -0.25) is 33.6 Å². The average molecular weight is 1020 g/mol. The summed E-state index contributed by atoms with van der Waals surface area (Å²) in [4.78, 5) is 118. The molecule has 6 amide bonds. The molecular formula is C49H86N6O16. The fourth-order valence-electron chi connectivity index (χ4n) is 6.86. The number of aldehydes is 2. The molecule has 0 aromatic rings. The van der Waals surface area contributed by atoms with Gasteiger partial charge in [0.1, 0.15) is 31.8 Å². The Hall–Kier alpha value is -5.06. The zero-order chi connectivity index (χ0) is 52.6. The highest BCUT2D eigenvalue weighted by Gasteiger charge is 2.22. The zero-order valence-electron chi connectivity index (χ0n) is 42.2. The molecule has 0 saturated carbocycles. The summed E-state index contributed by atoms with van der Waals surface area (Å²) in [7, 11) is 0. The summed E-state index contributed by atoms with van der Waals surface area (Å²) >= 11 is 0. The van der Waals surface area contributed by atoms with Gasteiger partial charge in [-0.1, -0.05) is 90.4 Å². The van der Waals surface area contributed by atoms with Gasteiger partial charge in [-0.05, 0) is 38.5 Å². The van der Waals surface area contributed by atoms with E-state index in [4.69, 9.17) is 24.1 Å². The van der Waals surface area contributed by atoms with Crippen molar-refractivity contribution in [2.45, 2.75) is 179 Å². The number of carboxylic acids is 2. The van der Waals surface area contributed by atoms with Crippen molar-refractivity contribution in [1.29, 1.82) is 0 Å². The van der Waals surface area contributed by atoms with Crippen LogP contribution in [0, 0.1) is 0 Å². The molecule has 0 bridgehead atoms. The summed E-state index contributed by atoms with van der Waals surface area (Å²) in [5.74, 6) is -4.39. The second kappa shape index (κ2) is 47.3. The molecular weight excluding hydrogens is 929 g/mol. The Kier molecular flexibility index (Phi) is 43.9. The number of amides is 6. The van der Waals surface area contributed by atoms with Crippen molar-refractivity contribution in [2.24, 2.45) is 0 Å². The number of aliphatic carboxylic acids is 2. The van der Waals surface area contributed by atoms with Crippen molar-refractivity contribution in [1.82, 2.24) is 31.9 Å². The summed E-state index contributed by atoms with van der Waals surface area (Å²) in [5.41, 5.74) is 0. The highest BCUT2D eigenvalue weighted by atomic mass is 16.5. The molecule has 3 atom stereocenters. The third kappa shape index (κ3) is 44.6. The summed E-state index contributed by atoms with van der Waals surface area (Å²) in [6.07, 6.45) is 17.8. The topological polar surface area (TPSA) is 320 Å². The van der Waals surface area contributed by atoms with Crippen molar-refractivity contribution in [3.05, 3.63) is 0 Å². The van der Waals surface area contributed by atoms with E-state index < -0.39 is 47.8 Å². The number of carbonyl (C=O) groups is 10. The summed E-state index contributed by atoms with van der Waals surface area (Å²) in [5, 5.41) is 33.7. The molecule has 408 valence electrons. The normalized spacial score (nSPS) is 12.2.